The molecule has 0 spiro atoms. The Bertz CT molecular complexity index is 839. The molecule has 158 valence electrons. The number of amides is 3. The van der Waals surface area contributed by atoms with Crippen molar-refractivity contribution in [2.75, 3.05) is 13.3 Å². The Labute approximate surface area is 176 Å². The molecule has 0 bridgehead atoms. The van der Waals surface area contributed by atoms with Gasteiger partial charge in [-0.05, 0) is 30.2 Å². The number of likely N-dealkylation sites (tertiary alicyclic amines) is 1. The Morgan fingerprint density at radius 1 is 1.24 bits per heavy atom. The number of hydrogen-bond donors (Lipinski definition) is 1. The van der Waals surface area contributed by atoms with Crippen LogP contribution in [0.25, 0.3) is 0 Å². The van der Waals surface area contributed by atoms with Gasteiger partial charge in [0.15, 0.2) is 0 Å². The van der Waals surface area contributed by atoms with Gasteiger partial charge < -0.3 is 14.7 Å². The first-order valence-electron chi connectivity index (χ1n) is 9.77. The topological polar surface area (TPSA) is 87.2 Å². The Hall–Kier alpha value is -1.74. The van der Waals surface area contributed by atoms with Crippen LogP contribution >= 0.6 is 11.6 Å². The van der Waals surface area contributed by atoms with Gasteiger partial charge in [-0.15, -0.1) is 0 Å². The molecule has 1 aromatic rings. The van der Waals surface area contributed by atoms with E-state index >= 15 is 0 Å². The van der Waals surface area contributed by atoms with E-state index in [1.807, 2.05) is 0 Å². The van der Waals surface area contributed by atoms with Crippen LogP contribution in [0.1, 0.15) is 34.3 Å². The summed E-state index contributed by atoms with van der Waals surface area (Å²) in [5.74, 6) is -0.984. The van der Waals surface area contributed by atoms with Crippen molar-refractivity contribution in [2.45, 2.75) is 57.7 Å². The highest BCUT2D eigenvalue weighted by Gasteiger charge is 2.43. The van der Waals surface area contributed by atoms with Crippen molar-refractivity contribution in [1.82, 2.24) is 9.80 Å². The van der Waals surface area contributed by atoms with Crippen LogP contribution in [0.2, 0.25) is 30.7 Å². The number of imide groups is 1. The highest BCUT2D eigenvalue weighted by Crippen LogP contribution is 2.34. The quantitative estimate of drug-likeness (QED) is 0.401. The molecule has 1 N–H and O–H groups in total. The molecule has 9 heteroatoms. The van der Waals surface area contributed by atoms with Gasteiger partial charge in [0.2, 0.25) is 5.91 Å². The van der Waals surface area contributed by atoms with E-state index in [-0.39, 0.29) is 44.5 Å². The maximum atomic E-state index is 13.0. The lowest BCUT2D eigenvalue weighted by Gasteiger charge is -2.35. The van der Waals surface area contributed by atoms with Crippen LogP contribution in [-0.4, -0.2) is 60.1 Å². The molecule has 3 amide bonds. The SMILES string of the molecule is C[Si](C)(C)CCOCN1C(=O)CCC(N2Cc3c(Cl)cc(CO)cc3C2=O)C1=O. The Morgan fingerprint density at radius 3 is 2.62 bits per heavy atom. The number of aliphatic hydroxyl groups excluding tert-OH is 1. The second-order valence-electron chi connectivity index (χ2n) is 8.76. The van der Waals surface area contributed by atoms with E-state index in [1.165, 1.54) is 4.90 Å². The number of benzene rings is 1. The van der Waals surface area contributed by atoms with Crippen LogP contribution in [-0.2, 0) is 27.5 Å². The molecule has 1 saturated heterocycles. The first-order chi connectivity index (χ1) is 13.6. The third kappa shape index (κ3) is 4.71. The van der Waals surface area contributed by atoms with Crippen LogP contribution in [0, 0.1) is 0 Å². The van der Waals surface area contributed by atoms with E-state index < -0.39 is 20.0 Å². The molecule has 2 aliphatic rings. The molecule has 0 aliphatic carbocycles. The second-order valence-corrected chi connectivity index (χ2v) is 14.8. The van der Waals surface area contributed by atoms with Crippen molar-refractivity contribution in [3.63, 3.8) is 0 Å². The van der Waals surface area contributed by atoms with Crippen molar-refractivity contribution < 1.29 is 24.2 Å². The number of hydrogen-bond acceptors (Lipinski definition) is 5. The first-order valence-corrected chi connectivity index (χ1v) is 13.9. The van der Waals surface area contributed by atoms with E-state index in [9.17, 15) is 19.5 Å². The number of piperidine rings is 1. The summed E-state index contributed by atoms with van der Waals surface area (Å²) in [5, 5.41) is 9.76. The highest BCUT2D eigenvalue weighted by molar-refractivity contribution is 6.76. The third-order valence-corrected chi connectivity index (χ3v) is 7.38. The van der Waals surface area contributed by atoms with Gasteiger partial charge in [0.1, 0.15) is 12.8 Å². The molecule has 3 rings (SSSR count). The van der Waals surface area contributed by atoms with Crippen molar-refractivity contribution in [2.24, 2.45) is 0 Å². The lowest BCUT2D eigenvalue weighted by Crippen LogP contribution is -2.55. The lowest BCUT2D eigenvalue weighted by atomic mass is 10.0. The van der Waals surface area contributed by atoms with Crippen LogP contribution in [0.4, 0.5) is 0 Å². The molecule has 1 unspecified atom stereocenters. The number of carbonyl (C=O) groups excluding carboxylic acids is 3. The summed E-state index contributed by atoms with van der Waals surface area (Å²) in [5.41, 5.74) is 1.60. The van der Waals surface area contributed by atoms with Gasteiger partial charge in [0, 0.05) is 43.8 Å². The minimum atomic E-state index is -1.27. The summed E-state index contributed by atoms with van der Waals surface area (Å²) in [6.45, 7) is 7.11. The minimum absolute atomic E-state index is 0.0803. The lowest BCUT2D eigenvalue weighted by molar-refractivity contribution is -0.158. The predicted molar refractivity (Wildman–Crippen MR) is 111 cm³/mol. The summed E-state index contributed by atoms with van der Waals surface area (Å²) in [7, 11) is -1.27. The summed E-state index contributed by atoms with van der Waals surface area (Å²) >= 11 is 6.28. The second kappa shape index (κ2) is 8.55. The standard InChI is InChI=1S/C20H27ClN2O5Si/c1-29(2,3)7-6-28-12-23-18(25)5-4-17(20(23)27)22-10-15-14(19(22)26)8-13(11-24)9-16(15)21/h8-9,17,24H,4-7,10-12H2,1-3H3. The summed E-state index contributed by atoms with van der Waals surface area (Å²) in [4.78, 5) is 40.8. The molecule has 0 saturated carbocycles. The molecule has 0 aromatic heterocycles. The van der Waals surface area contributed by atoms with Crippen LogP contribution in [0.15, 0.2) is 12.1 Å². The number of aliphatic hydroxyl groups is 1. The minimum Gasteiger partial charge on any atom is -0.392 e. The molecular formula is C20H27ClN2O5Si. The maximum absolute atomic E-state index is 13.0. The van der Waals surface area contributed by atoms with E-state index in [4.69, 9.17) is 16.3 Å². The van der Waals surface area contributed by atoms with Gasteiger partial charge in [-0.1, -0.05) is 31.2 Å². The van der Waals surface area contributed by atoms with Crippen molar-refractivity contribution >= 4 is 37.4 Å². The molecule has 2 aliphatic heterocycles. The zero-order chi connectivity index (χ0) is 21.3. The highest BCUT2D eigenvalue weighted by atomic mass is 35.5. The smallest absolute Gasteiger partial charge is 0.255 e. The third-order valence-electron chi connectivity index (χ3n) is 5.33. The fraction of sp³-hybridized carbons (Fsp3) is 0.550. The maximum Gasteiger partial charge on any atom is 0.255 e. The van der Waals surface area contributed by atoms with Crippen molar-refractivity contribution in [3.8, 4) is 0 Å². The molecular weight excluding hydrogens is 412 g/mol. The zero-order valence-electron chi connectivity index (χ0n) is 17.0. The predicted octanol–water partition coefficient (Wildman–Crippen LogP) is 2.62. The molecule has 7 nitrogen and oxygen atoms in total. The largest absolute Gasteiger partial charge is 0.392 e. The Balaban J connectivity index is 1.71. The number of ether oxygens (including phenoxy) is 1. The number of carbonyl (C=O) groups is 3. The van der Waals surface area contributed by atoms with Gasteiger partial charge in [0.05, 0.1) is 6.61 Å². The fourth-order valence-corrected chi connectivity index (χ4v) is 4.62. The number of fused-ring (bicyclic) bond motifs is 1. The van der Waals surface area contributed by atoms with Crippen molar-refractivity contribution in [1.29, 1.82) is 0 Å². The normalized spacial score (nSPS) is 19.9. The molecule has 1 atom stereocenters. The monoisotopic (exact) mass is 438 g/mol. The fourth-order valence-electron chi connectivity index (χ4n) is 3.56. The molecule has 0 radical (unpaired) electrons. The average Bonchev–Trinajstić information content (AvgIpc) is 2.97. The van der Waals surface area contributed by atoms with Crippen LogP contribution in [0.3, 0.4) is 0 Å². The van der Waals surface area contributed by atoms with E-state index in [1.54, 1.807) is 12.1 Å². The molecule has 29 heavy (non-hydrogen) atoms. The van der Waals surface area contributed by atoms with Gasteiger partial charge in [-0.2, -0.15) is 0 Å². The molecule has 2 heterocycles. The molecule has 1 aromatic carbocycles. The van der Waals surface area contributed by atoms with Crippen LogP contribution in [0.5, 0.6) is 0 Å². The average molecular weight is 439 g/mol. The summed E-state index contributed by atoms with van der Waals surface area (Å²) in [6, 6.07) is 3.46. The number of halogens is 1. The number of nitrogens with zero attached hydrogens (tertiary/aromatic N) is 2. The molecule has 1 fully saturated rings. The van der Waals surface area contributed by atoms with Crippen molar-refractivity contribution in [3.05, 3.63) is 33.8 Å². The van der Waals surface area contributed by atoms with E-state index in [0.29, 0.717) is 28.3 Å². The Morgan fingerprint density at radius 2 is 1.97 bits per heavy atom. The van der Waals surface area contributed by atoms with E-state index in [2.05, 4.69) is 19.6 Å². The van der Waals surface area contributed by atoms with E-state index in [0.717, 1.165) is 10.9 Å². The van der Waals surface area contributed by atoms with Gasteiger partial charge in [-0.3, -0.25) is 19.3 Å². The first kappa shape index (κ1) is 22.0. The summed E-state index contributed by atoms with van der Waals surface area (Å²) in [6.07, 6.45) is 0.469. The van der Waals surface area contributed by atoms with Gasteiger partial charge in [0.25, 0.3) is 11.8 Å². The zero-order valence-corrected chi connectivity index (χ0v) is 18.8. The van der Waals surface area contributed by atoms with Gasteiger partial charge >= 0.3 is 0 Å². The van der Waals surface area contributed by atoms with Gasteiger partial charge in [-0.25, -0.2) is 0 Å². The summed E-state index contributed by atoms with van der Waals surface area (Å²) < 4.78 is 5.61. The van der Waals surface area contributed by atoms with Crippen LogP contribution < -0.4 is 0 Å². The Kier molecular flexibility index (Phi) is 6.47. The number of rotatable bonds is 7.